The lowest BCUT2D eigenvalue weighted by molar-refractivity contribution is -0.215. The lowest BCUT2D eigenvalue weighted by Gasteiger charge is -2.32. The summed E-state index contributed by atoms with van der Waals surface area (Å²) in [6.07, 6.45) is -12.7. The molecule has 0 aliphatic heterocycles. The van der Waals surface area contributed by atoms with E-state index in [1.807, 2.05) is 0 Å². The number of carbonyl (C=O) groups is 2. The Balaban J connectivity index is 3.14. The van der Waals surface area contributed by atoms with Crippen molar-refractivity contribution in [3.05, 3.63) is 35.9 Å². The normalized spacial score (nSPS) is 14.9. The van der Waals surface area contributed by atoms with E-state index in [9.17, 15) is 35.9 Å². The fourth-order valence-corrected chi connectivity index (χ4v) is 1.96. The standard InChI is InChI=1S/C16H18F6N2O3/c1-14(2,3)27-13(26)24-11(16(20,21)22)10(15(17,18)19)23-12(25)9-7-5-4-6-8-9/h4-8,10-11H,1-3H3,(H,23,25)(H,24,26)/t10-,11?/m0/s1. The molecule has 0 aliphatic rings. The molecule has 0 saturated heterocycles. The minimum absolute atomic E-state index is 0.273. The van der Waals surface area contributed by atoms with Crippen molar-refractivity contribution in [2.45, 2.75) is 50.8 Å². The first-order chi connectivity index (χ1) is 12.1. The maximum absolute atomic E-state index is 13.3. The van der Waals surface area contributed by atoms with Gasteiger partial charge in [0.2, 0.25) is 0 Å². The molecular formula is C16H18F6N2O3. The van der Waals surface area contributed by atoms with Gasteiger partial charge < -0.3 is 15.4 Å². The Kier molecular flexibility index (Phi) is 6.73. The maximum atomic E-state index is 13.3. The monoisotopic (exact) mass is 400 g/mol. The molecule has 2 amide bonds. The van der Waals surface area contributed by atoms with E-state index in [2.05, 4.69) is 4.74 Å². The summed E-state index contributed by atoms with van der Waals surface area (Å²) >= 11 is 0. The zero-order valence-electron chi connectivity index (χ0n) is 14.5. The van der Waals surface area contributed by atoms with Crippen molar-refractivity contribution >= 4 is 12.0 Å². The van der Waals surface area contributed by atoms with Crippen molar-refractivity contribution in [3.8, 4) is 0 Å². The van der Waals surface area contributed by atoms with Crippen LogP contribution in [0, 0.1) is 0 Å². The molecule has 0 fully saturated rings. The highest BCUT2D eigenvalue weighted by atomic mass is 19.4. The van der Waals surface area contributed by atoms with Crippen LogP contribution in [0.5, 0.6) is 0 Å². The molecule has 0 bridgehead atoms. The van der Waals surface area contributed by atoms with Gasteiger partial charge in [-0.3, -0.25) is 4.79 Å². The SMILES string of the molecule is CC(C)(C)OC(=O)NC([C@H](NC(=O)c1ccccc1)C(F)(F)F)C(F)(F)F. The molecule has 152 valence electrons. The smallest absolute Gasteiger partial charge is 0.411 e. The van der Waals surface area contributed by atoms with Gasteiger partial charge in [0.05, 0.1) is 0 Å². The highest BCUT2D eigenvalue weighted by molar-refractivity contribution is 5.94. The number of ether oxygens (including phenoxy) is 1. The molecule has 1 aromatic rings. The molecule has 1 unspecified atom stereocenters. The number of carbonyl (C=O) groups excluding carboxylic acids is 2. The summed E-state index contributed by atoms with van der Waals surface area (Å²) in [5.41, 5.74) is -1.51. The molecule has 0 saturated carbocycles. The molecule has 5 nitrogen and oxygen atoms in total. The average Bonchev–Trinajstić information content (AvgIpc) is 2.47. The molecular weight excluding hydrogens is 382 g/mol. The Morgan fingerprint density at radius 2 is 1.30 bits per heavy atom. The first-order valence-electron chi connectivity index (χ1n) is 7.60. The van der Waals surface area contributed by atoms with Crippen molar-refractivity contribution in [1.29, 1.82) is 0 Å². The van der Waals surface area contributed by atoms with Crippen LogP contribution in [0.15, 0.2) is 30.3 Å². The molecule has 0 radical (unpaired) electrons. The van der Waals surface area contributed by atoms with Gasteiger partial charge >= 0.3 is 18.4 Å². The minimum Gasteiger partial charge on any atom is -0.444 e. The van der Waals surface area contributed by atoms with Gasteiger partial charge in [-0.2, -0.15) is 26.3 Å². The Morgan fingerprint density at radius 1 is 0.852 bits per heavy atom. The number of alkyl carbamates (subject to hydrolysis) is 1. The van der Waals surface area contributed by atoms with E-state index in [1.165, 1.54) is 44.3 Å². The molecule has 2 atom stereocenters. The van der Waals surface area contributed by atoms with E-state index >= 15 is 0 Å². The molecule has 0 aliphatic carbocycles. The maximum Gasteiger partial charge on any atom is 0.411 e. The summed E-state index contributed by atoms with van der Waals surface area (Å²) in [4.78, 5) is 23.5. The van der Waals surface area contributed by atoms with Crippen LogP contribution in [0.1, 0.15) is 31.1 Å². The lowest BCUT2D eigenvalue weighted by atomic mass is 10.1. The fourth-order valence-electron chi connectivity index (χ4n) is 1.96. The summed E-state index contributed by atoms with van der Waals surface area (Å²) in [7, 11) is 0. The second-order valence-electron chi connectivity index (χ2n) is 6.52. The second kappa shape index (κ2) is 8.05. The number of nitrogens with one attached hydrogen (secondary N) is 2. The van der Waals surface area contributed by atoms with Crippen LogP contribution in [0.4, 0.5) is 31.1 Å². The fraction of sp³-hybridized carbons (Fsp3) is 0.500. The number of halogens is 6. The number of hydrogen-bond donors (Lipinski definition) is 2. The predicted molar refractivity (Wildman–Crippen MR) is 83.0 cm³/mol. The molecule has 0 spiro atoms. The van der Waals surface area contributed by atoms with Crippen molar-refractivity contribution in [2.24, 2.45) is 0 Å². The van der Waals surface area contributed by atoms with E-state index in [4.69, 9.17) is 0 Å². The van der Waals surface area contributed by atoms with Crippen molar-refractivity contribution in [3.63, 3.8) is 0 Å². The second-order valence-corrected chi connectivity index (χ2v) is 6.52. The number of amides is 2. The molecule has 11 heteroatoms. The van der Waals surface area contributed by atoms with Gasteiger partial charge in [0.1, 0.15) is 5.60 Å². The Morgan fingerprint density at radius 3 is 1.70 bits per heavy atom. The van der Waals surface area contributed by atoms with Crippen LogP contribution in [0.2, 0.25) is 0 Å². The van der Waals surface area contributed by atoms with Gasteiger partial charge in [0.25, 0.3) is 5.91 Å². The van der Waals surface area contributed by atoms with Gasteiger partial charge in [0.15, 0.2) is 12.1 Å². The number of benzene rings is 1. The van der Waals surface area contributed by atoms with E-state index in [1.54, 1.807) is 0 Å². The predicted octanol–water partition coefficient (Wildman–Crippen LogP) is 3.80. The zero-order valence-corrected chi connectivity index (χ0v) is 14.5. The van der Waals surface area contributed by atoms with Crippen LogP contribution < -0.4 is 10.6 Å². The average molecular weight is 400 g/mol. The molecule has 2 N–H and O–H groups in total. The summed E-state index contributed by atoms with van der Waals surface area (Å²) in [6, 6.07) is -0.465. The van der Waals surface area contributed by atoms with Crippen molar-refractivity contribution in [2.75, 3.05) is 0 Å². The highest BCUT2D eigenvalue weighted by Gasteiger charge is 2.57. The van der Waals surface area contributed by atoms with Gasteiger partial charge in [-0.05, 0) is 32.9 Å². The summed E-state index contributed by atoms with van der Waals surface area (Å²) in [5, 5.41) is 2.45. The lowest BCUT2D eigenvalue weighted by Crippen LogP contribution is -2.64. The Hall–Kier alpha value is -2.46. The van der Waals surface area contributed by atoms with Gasteiger partial charge in [-0.1, -0.05) is 18.2 Å². The van der Waals surface area contributed by atoms with Crippen LogP contribution in [0.3, 0.4) is 0 Å². The minimum atomic E-state index is -5.51. The van der Waals surface area contributed by atoms with Gasteiger partial charge in [0, 0.05) is 5.56 Å². The quantitative estimate of drug-likeness (QED) is 0.756. The van der Waals surface area contributed by atoms with Crippen LogP contribution in [-0.4, -0.2) is 42.0 Å². The number of hydrogen-bond acceptors (Lipinski definition) is 3. The van der Waals surface area contributed by atoms with E-state index < -0.39 is 42.0 Å². The molecule has 0 heterocycles. The van der Waals surface area contributed by atoms with Crippen LogP contribution >= 0.6 is 0 Å². The first kappa shape index (κ1) is 22.6. The van der Waals surface area contributed by atoms with Crippen molar-refractivity contribution in [1.82, 2.24) is 10.6 Å². The van der Waals surface area contributed by atoms with Crippen molar-refractivity contribution < 1.29 is 40.7 Å². The summed E-state index contributed by atoms with van der Waals surface area (Å²) in [6.45, 7) is 3.98. The third kappa shape index (κ3) is 7.35. The molecule has 1 rings (SSSR count). The van der Waals surface area contributed by atoms with Gasteiger partial charge in [-0.15, -0.1) is 0 Å². The van der Waals surface area contributed by atoms with E-state index in [-0.39, 0.29) is 5.56 Å². The van der Waals surface area contributed by atoms with Gasteiger partial charge in [-0.25, -0.2) is 4.79 Å². The van der Waals surface area contributed by atoms with Crippen LogP contribution in [-0.2, 0) is 4.74 Å². The molecule has 0 aromatic heterocycles. The molecule has 27 heavy (non-hydrogen) atoms. The summed E-state index contributed by atoms with van der Waals surface area (Å²) in [5.74, 6) is -1.38. The largest absolute Gasteiger partial charge is 0.444 e. The third-order valence-electron chi connectivity index (χ3n) is 3.03. The third-order valence-corrected chi connectivity index (χ3v) is 3.03. The first-order valence-corrected chi connectivity index (χ1v) is 7.60. The number of alkyl halides is 6. The summed E-state index contributed by atoms with van der Waals surface area (Å²) < 4.78 is 84.0. The van der Waals surface area contributed by atoms with E-state index in [0.717, 1.165) is 17.4 Å². The Bertz CT molecular complexity index is 653. The highest BCUT2D eigenvalue weighted by Crippen LogP contribution is 2.32. The number of rotatable bonds is 4. The van der Waals surface area contributed by atoms with E-state index in [0.29, 0.717) is 0 Å². The Labute approximate surface area is 151 Å². The molecule has 1 aromatic carbocycles. The van der Waals surface area contributed by atoms with Crippen LogP contribution in [0.25, 0.3) is 0 Å². The topological polar surface area (TPSA) is 67.4 Å². The zero-order chi connectivity index (χ0) is 21.0.